The van der Waals surface area contributed by atoms with Crippen LogP contribution in [0.2, 0.25) is 0 Å². The van der Waals surface area contributed by atoms with Crippen molar-refractivity contribution in [1.82, 2.24) is 10.6 Å². The van der Waals surface area contributed by atoms with Gasteiger partial charge in [-0.3, -0.25) is 4.79 Å². The number of nitrogens with one attached hydrogen (secondary N) is 2. The smallest absolute Gasteiger partial charge is 0.230 e. The molecule has 0 radical (unpaired) electrons. The molecular weight excluding hydrogens is 244 g/mol. The van der Waals surface area contributed by atoms with Gasteiger partial charge in [-0.15, -0.1) is 12.4 Å². The molecule has 0 aliphatic carbocycles. The lowest BCUT2D eigenvalue weighted by molar-refractivity contribution is -0.120. The minimum absolute atomic E-state index is 0. The molecule has 1 aliphatic rings. The molecule has 1 fully saturated rings. The van der Waals surface area contributed by atoms with E-state index in [1.165, 1.54) is 0 Å². The SMILES string of the molecule is CCCSCC(=O)NC1(C)CCNCC1.Cl. The summed E-state index contributed by atoms with van der Waals surface area (Å²) in [6.07, 6.45) is 3.22. The second-order valence-electron chi connectivity index (χ2n) is 4.41. The van der Waals surface area contributed by atoms with Crippen LogP contribution in [0, 0.1) is 0 Å². The van der Waals surface area contributed by atoms with Crippen molar-refractivity contribution in [2.45, 2.75) is 38.6 Å². The summed E-state index contributed by atoms with van der Waals surface area (Å²) in [5.74, 6) is 1.88. The van der Waals surface area contributed by atoms with E-state index in [-0.39, 0.29) is 23.9 Å². The van der Waals surface area contributed by atoms with E-state index in [2.05, 4.69) is 24.5 Å². The first-order valence-electron chi connectivity index (χ1n) is 5.76. The third kappa shape index (κ3) is 5.97. The minimum Gasteiger partial charge on any atom is -0.350 e. The molecule has 1 aliphatic heterocycles. The minimum atomic E-state index is 0. The van der Waals surface area contributed by atoms with Gasteiger partial charge in [-0.05, 0) is 45.0 Å². The second kappa shape index (κ2) is 8.20. The molecule has 1 saturated heterocycles. The van der Waals surface area contributed by atoms with Gasteiger partial charge in [0, 0.05) is 5.54 Å². The molecule has 2 N–H and O–H groups in total. The number of rotatable bonds is 5. The summed E-state index contributed by atoms with van der Waals surface area (Å²) in [5.41, 5.74) is 0.0229. The Bertz CT molecular complexity index is 208. The summed E-state index contributed by atoms with van der Waals surface area (Å²) in [6.45, 7) is 6.31. The number of thioether (sulfide) groups is 1. The summed E-state index contributed by atoms with van der Waals surface area (Å²) in [4.78, 5) is 11.6. The Balaban J connectivity index is 0.00000225. The summed E-state index contributed by atoms with van der Waals surface area (Å²) in [6, 6.07) is 0. The standard InChI is InChI=1S/C11H22N2OS.ClH/c1-3-8-15-9-10(14)13-11(2)4-6-12-7-5-11;/h12H,3-9H2,1-2H3,(H,13,14);1H. The van der Waals surface area contributed by atoms with E-state index in [4.69, 9.17) is 0 Å². The first-order chi connectivity index (χ1) is 7.16. The van der Waals surface area contributed by atoms with E-state index in [9.17, 15) is 4.79 Å². The first-order valence-corrected chi connectivity index (χ1v) is 6.91. The average Bonchev–Trinajstić information content (AvgIpc) is 2.18. The number of halogens is 1. The zero-order valence-corrected chi connectivity index (χ0v) is 11.8. The monoisotopic (exact) mass is 266 g/mol. The molecular formula is C11H23ClN2OS. The van der Waals surface area contributed by atoms with E-state index in [0.29, 0.717) is 5.75 Å². The van der Waals surface area contributed by atoms with Crippen molar-refractivity contribution >= 4 is 30.1 Å². The molecule has 0 unspecified atom stereocenters. The van der Waals surface area contributed by atoms with Gasteiger partial charge in [-0.1, -0.05) is 6.92 Å². The van der Waals surface area contributed by atoms with Crippen LogP contribution < -0.4 is 10.6 Å². The second-order valence-corrected chi connectivity index (χ2v) is 5.52. The number of piperidine rings is 1. The molecule has 3 nitrogen and oxygen atoms in total. The third-order valence-electron chi connectivity index (χ3n) is 2.73. The van der Waals surface area contributed by atoms with Crippen LogP contribution in [0.4, 0.5) is 0 Å². The molecule has 0 aromatic rings. The zero-order valence-electron chi connectivity index (χ0n) is 10.2. The Morgan fingerprint density at radius 2 is 2.06 bits per heavy atom. The predicted octanol–water partition coefficient (Wildman–Crippen LogP) is 1.81. The van der Waals surface area contributed by atoms with Crippen molar-refractivity contribution in [3.63, 3.8) is 0 Å². The molecule has 0 aromatic carbocycles. The van der Waals surface area contributed by atoms with Gasteiger partial charge in [0.25, 0.3) is 0 Å². The summed E-state index contributed by atoms with van der Waals surface area (Å²) < 4.78 is 0. The van der Waals surface area contributed by atoms with Crippen LogP contribution in [0.5, 0.6) is 0 Å². The van der Waals surface area contributed by atoms with Crippen LogP contribution in [-0.4, -0.2) is 36.0 Å². The van der Waals surface area contributed by atoms with Crippen LogP contribution in [0.1, 0.15) is 33.1 Å². The van der Waals surface area contributed by atoms with Gasteiger partial charge in [0.2, 0.25) is 5.91 Å². The maximum atomic E-state index is 11.6. The molecule has 5 heteroatoms. The van der Waals surface area contributed by atoms with Crippen molar-refractivity contribution in [3.8, 4) is 0 Å². The third-order valence-corrected chi connectivity index (χ3v) is 3.89. The highest BCUT2D eigenvalue weighted by molar-refractivity contribution is 7.99. The summed E-state index contributed by atoms with van der Waals surface area (Å²) in [5, 5.41) is 6.46. The lowest BCUT2D eigenvalue weighted by Crippen LogP contribution is -2.52. The van der Waals surface area contributed by atoms with E-state index in [1.54, 1.807) is 11.8 Å². The van der Waals surface area contributed by atoms with Crippen molar-refractivity contribution in [3.05, 3.63) is 0 Å². The van der Waals surface area contributed by atoms with Crippen LogP contribution >= 0.6 is 24.2 Å². The normalized spacial score (nSPS) is 18.6. The maximum absolute atomic E-state index is 11.6. The van der Waals surface area contributed by atoms with Gasteiger partial charge >= 0.3 is 0 Å². The maximum Gasteiger partial charge on any atom is 0.230 e. The quantitative estimate of drug-likeness (QED) is 0.746. The molecule has 0 saturated carbocycles. The van der Waals surface area contributed by atoms with E-state index in [0.717, 1.165) is 38.1 Å². The zero-order chi connectivity index (χ0) is 11.1. The van der Waals surface area contributed by atoms with Gasteiger partial charge in [-0.2, -0.15) is 11.8 Å². The molecule has 1 heterocycles. The van der Waals surface area contributed by atoms with Crippen LogP contribution in [-0.2, 0) is 4.79 Å². The van der Waals surface area contributed by atoms with Gasteiger partial charge in [0.15, 0.2) is 0 Å². The topological polar surface area (TPSA) is 41.1 Å². The molecule has 96 valence electrons. The fourth-order valence-corrected chi connectivity index (χ4v) is 2.48. The van der Waals surface area contributed by atoms with E-state index in [1.807, 2.05) is 0 Å². The van der Waals surface area contributed by atoms with E-state index >= 15 is 0 Å². The average molecular weight is 267 g/mol. The Hall–Kier alpha value is 0.0700. The predicted molar refractivity (Wildman–Crippen MR) is 73.5 cm³/mol. The number of hydrogen-bond donors (Lipinski definition) is 2. The Kier molecular flexibility index (Phi) is 8.24. The van der Waals surface area contributed by atoms with Crippen LogP contribution in [0.25, 0.3) is 0 Å². The molecule has 16 heavy (non-hydrogen) atoms. The van der Waals surface area contributed by atoms with Crippen molar-refractivity contribution in [1.29, 1.82) is 0 Å². The molecule has 1 amide bonds. The van der Waals surface area contributed by atoms with Crippen LogP contribution in [0.15, 0.2) is 0 Å². The molecule has 0 spiro atoms. The molecule has 0 bridgehead atoms. The van der Waals surface area contributed by atoms with Crippen molar-refractivity contribution in [2.75, 3.05) is 24.6 Å². The fraction of sp³-hybridized carbons (Fsp3) is 0.909. The molecule has 0 aromatic heterocycles. The van der Waals surface area contributed by atoms with Gasteiger partial charge < -0.3 is 10.6 Å². The highest BCUT2D eigenvalue weighted by atomic mass is 35.5. The van der Waals surface area contributed by atoms with Crippen LogP contribution in [0.3, 0.4) is 0 Å². The number of carbonyl (C=O) groups is 1. The van der Waals surface area contributed by atoms with E-state index < -0.39 is 0 Å². The number of carbonyl (C=O) groups excluding carboxylic acids is 1. The Labute approximate surface area is 109 Å². The van der Waals surface area contributed by atoms with Gasteiger partial charge in [0.05, 0.1) is 5.75 Å². The lowest BCUT2D eigenvalue weighted by atomic mass is 9.91. The largest absolute Gasteiger partial charge is 0.350 e. The highest BCUT2D eigenvalue weighted by Gasteiger charge is 2.27. The highest BCUT2D eigenvalue weighted by Crippen LogP contribution is 2.17. The number of hydrogen-bond acceptors (Lipinski definition) is 3. The lowest BCUT2D eigenvalue weighted by Gasteiger charge is -2.35. The van der Waals surface area contributed by atoms with Gasteiger partial charge in [-0.25, -0.2) is 0 Å². The summed E-state index contributed by atoms with van der Waals surface area (Å²) >= 11 is 1.72. The van der Waals surface area contributed by atoms with Crippen molar-refractivity contribution in [2.24, 2.45) is 0 Å². The molecule has 1 rings (SSSR count). The summed E-state index contributed by atoms with van der Waals surface area (Å²) in [7, 11) is 0. The molecule has 0 atom stereocenters. The van der Waals surface area contributed by atoms with Crippen molar-refractivity contribution < 1.29 is 4.79 Å². The number of amides is 1. The van der Waals surface area contributed by atoms with Gasteiger partial charge in [0.1, 0.15) is 0 Å². The first kappa shape index (κ1) is 16.1. The Morgan fingerprint density at radius 1 is 1.44 bits per heavy atom. The Morgan fingerprint density at radius 3 is 2.62 bits per heavy atom. The fourth-order valence-electron chi connectivity index (χ4n) is 1.79.